The van der Waals surface area contributed by atoms with Crippen LogP contribution < -0.4 is 0 Å². The highest BCUT2D eigenvalue weighted by molar-refractivity contribution is 5.86. The predicted molar refractivity (Wildman–Crippen MR) is 88.2 cm³/mol. The number of aliphatic hydroxyl groups is 1. The molecule has 1 aromatic carbocycles. The molecule has 0 saturated carbocycles. The molecule has 3 rings (SSSR count). The van der Waals surface area contributed by atoms with E-state index in [4.69, 9.17) is 4.74 Å². The van der Waals surface area contributed by atoms with E-state index in [0.29, 0.717) is 38.9 Å². The van der Waals surface area contributed by atoms with Gasteiger partial charge in [0.15, 0.2) is 0 Å². The van der Waals surface area contributed by atoms with Crippen molar-refractivity contribution in [1.29, 1.82) is 0 Å². The number of likely N-dealkylation sites (tertiary alicyclic amines) is 1. The first-order valence-corrected chi connectivity index (χ1v) is 8.43. The third-order valence-corrected chi connectivity index (χ3v) is 4.96. The Hall–Kier alpha value is -1.92. The van der Waals surface area contributed by atoms with Crippen molar-refractivity contribution in [2.45, 2.75) is 38.0 Å². The first-order valence-electron chi connectivity index (χ1n) is 8.43. The quantitative estimate of drug-likeness (QED) is 0.820. The van der Waals surface area contributed by atoms with E-state index in [1.807, 2.05) is 29.2 Å². The highest BCUT2D eigenvalue weighted by Crippen LogP contribution is 2.24. The number of benzene rings is 1. The molecular formula is C18H24N2O4. The Labute approximate surface area is 142 Å². The molecule has 6 nitrogen and oxygen atoms in total. The second-order valence-corrected chi connectivity index (χ2v) is 6.54. The second kappa shape index (κ2) is 7.32. The Morgan fingerprint density at radius 3 is 2.54 bits per heavy atom. The summed E-state index contributed by atoms with van der Waals surface area (Å²) in [5, 5.41) is 9.58. The normalized spacial score (nSPS) is 22.1. The minimum absolute atomic E-state index is 0.0590. The van der Waals surface area contributed by atoms with E-state index in [1.165, 1.54) is 7.11 Å². The van der Waals surface area contributed by atoms with Crippen LogP contribution in [0.25, 0.3) is 0 Å². The van der Waals surface area contributed by atoms with Crippen LogP contribution in [0.2, 0.25) is 0 Å². The lowest BCUT2D eigenvalue weighted by Gasteiger charge is -2.37. The van der Waals surface area contributed by atoms with Gasteiger partial charge in [-0.15, -0.1) is 0 Å². The van der Waals surface area contributed by atoms with E-state index in [9.17, 15) is 14.7 Å². The zero-order valence-electron chi connectivity index (χ0n) is 14.0. The van der Waals surface area contributed by atoms with Crippen molar-refractivity contribution in [1.82, 2.24) is 9.80 Å². The molecule has 1 saturated heterocycles. The number of rotatable bonds is 3. The zero-order chi connectivity index (χ0) is 17.1. The van der Waals surface area contributed by atoms with Crippen LogP contribution in [0.1, 0.15) is 24.0 Å². The Morgan fingerprint density at radius 1 is 1.21 bits per heavy atom. The molecule has 1 atom stereocenters. The number of amides is 1. The molecule has 6 heteroatoms. The average Bonchev–Trinajstić information content (AvgIpc) is 2.61. The predicted octanol–water partition coefficient (Wildman–Crippen LogP) is 0.570. The van der Waals surface area contributed by atoms with Gasteiger partial charge >= 0.3 is 5.97 Å². The van der Waals surface area contributed by atoms with Gasteiger partial charge in [-0.05, 0) is 24.0 Å². The van der Waals surface area contributed by atoms with Gasteiger partial charge in [-0.25, -0.2) is 4.79 Å². The summed E-state index contributed by atoms with van der Waals surface area (Å²) in [4.78, 5) is 28.6. The highest BCUT2D eigenvalue weighted by atomic mass is 16.5. The largest absolute Gasteiger partial charge is 0.467 e. The summed E-state index contributed by atoms with van der Waals surface area (Å²) < 4.78 is 4.91. The van der Waals surface area contributed by atoms with Crippen LogP contribution in [0.3, 0.4) is 0 Å². The molecule has 0 bridgehead atoms. The van der Waals surface area contributed by atoms with Gasteiger partial charge < -0.3 is 14.7 Å². The van der Waals surface area contributed by atoms with Crippen LogP contribution >= 0.6 is 0 Å². The number of ether oxygens (including phenoxy) is 1. The number of nitrogens with zero attached hydrogens (tertiary/aromatic N) is 2. The van der Waals surface area contributed by atoms with E-state index in [2.05, 4.69) is 0 Å². The fraction of sp³-hybridized carbons (Fsp3) is 0.556. The Balaban J connectivity index is 1.73. The van der Waals surface area contributed by atoms with Crippen LogP contribution in [0.15, 0.2) is 24.3 Å². The number of carbonyl (C=O) groups is 2. The van der Waals surface area contributed by atoms with Crippen molar-refractivity contribution in [3.05, 3.63) is 35.4 Å². The number of carbonyl (C=O) groups excluding carboxylic acids is 2. The lowest BCUT2D eigenvalue weighted by Crippen LogP contribution is -2.52. The lowest BCUT2D eigenvalue weighted by molar-refractivity contribution is -0.154. The first-order chi connectivity index (χ1) is 11.6. The number of fused-ring (bicyclic) bond motifs is 1. The van der Waals surface area contributed by atoms with Crippen LogP contribution in [-0.2, 0) is 27.3 Å². The van der Waals surface area contributed by atoms with Gasteiger partial charge in [0, 0.05) is 26.1 Å². The van der Waals surface area contributed by atoms with Crippen molar-refractivity contribution in [2.24, 2.45) is 0 Å². The van der Waals surface area contributed by atoms with E-state index in [0.717, 1.165) is 11.1 Å². The van der Waals surface area contributed by atoms with Crippen molar-refractivity contribution in [2.75, 3.05) is 26.7 Å². The number of aliphatic hydroxyl groups excluding tert-OH is 1. The molecule has 24 heavy (non-hydrogen) atoms. The molecule has 0 aliphatic carbocycles. The molecule has 1 N–H and O–H groups in total. The molecule has 1 aromatic rings. The third kappa shape index (κ3) is 3.60. The van der Waals surface area contributed by atoms with Gasteiger partial charge in [-0.1, -0.05) is 24.3 Å². The second-order valence-electron chi connectivity index (χ2n) is 6.54. The van der Waals surface area contributed by atoms with Gasteiger partial charge in [0.2, 0.25) is 5.91 Å². The minimum Gasteiger partial charge on any atom is -0.467 e. The summed E-state index contributed by atoms with van der Waals surface area (Å²) in [5.74, 6) is -0.428. The average molecular weight is 332 g/mol. The number of esters is 1. The maximum atomic E-state index is 12.8. The minimum atomic E-state index is -0.562. The summed E-state index contributed by atoms with van der Waals surface area (Å²) in [6.07, 6.45) is 1.61. The molecule has 2 aliphatic rings. The van der Waals surface area contributed by atoms with Gasteiger partial charge in [-0.3, -0.25) is 9.69 Å². The van der Waals surface area contributed by atoms with Crippen LogP contribution in [0, 0.1) is 0 Å². The van der Waals surface area contributed by atoms with Crippen molar-refractivity contribution in [3.8, 4) is 0 Å². The van der Waals surface area contributed by atoms with Crippen LogP contribution in [0.5, 0.6) is 0 Å². The van der Waals surface area contributed by atoms with Crippen molar-refractivity contribution >= 4 is 11.9 Å². The number of methoxy groups -OCH3 is 1. The summed E-state index contributed by atoms with van der Waals surface area (Å²) in [6, 6.07) is 7.34. The summed E-state index contributed by atoms with van der Waals surface area (Å²) >= 11 is 0. The molecule has 2 aliphatic heterocycles. The smallest absolute Gasteiger partial charge is 0.328 e. The van der Waals surface area contributed by atoms with E-state index >= 15 is 0 Å². The van der Waals surface area contributed by atoms with Gasteiger partial charge in [0.1, 0.15) is 6.04 Å². The monoisotopic (exact) mass is 332 g/mol. The standard InChI is InChI=1S/C18H24N2O4/c1-24-18(23)16-10-13-4-2-3-5-14(13)11-20(16)17(22)12-19-8-6-15(21)7-9-19/h2-5,15-16,21H,6-12H2,1H3. The summed E-state index contributed by atoms with van der Waals surface area (Å²) in [5.41, 5.74) is 2.18. The number of piperidine rings is 1. The Bertz CT molecular complexity index is 611. The molecular weight excluding hydrogens is 308 g/mol. The molecule has 0 radical (unpaired) electrons. The fourth-order valence-corrected chi connectivity index (χ4v) is 3.49. The van der Waals surface area contributed by atoms with Gasteiger partial charge in [-0.2, -0.15) is 0 Å². The summed E-state index contributed by atoms with van der Waals surface area (Å²) in [7, 11) is 1.36. The Kier molecular flexibility index (Phi) is 5.16. The summed E-state index contributed by atoms with van der Waals surface area (Å²) in [6.45, 7) is 2.13. The maximum Gasteiger partial charge on any atom is 0.328 e. The number of hydrogen-bond acceptors (Lipinski definition) is 5. The molecule has 1 unspecified atom stereocenters. The molecule has 0 spiro atoms. The maximum absolute atomic E-state index is 12.8. The topological polar surface area (TPSA) is 70.1 Å². The van der Waals surface area contributed by atoms with Crippen LogP contribution in [0.4, 0.5) is 0 Å². The molecule has 1 amide bonds. The molecule has 1 fully saturated rings. The van der Waals surface area contributed by atoms with Crippen molar-refractivity contribution in [3.63, 3.8) is 0 Å². The van der Waals surface area contributed by atoms with E-state index < -0.39 is 6.04 Å². The van der Waals surface area contributed by atoms with E-state index in [-0.39, 0.29) is 24.5 Å². The van der Waals surface area contributed by atoms with Crippen LogP contribution in [-0.4, -0.2) is 65.7 Å². The zero-order valence-corrected chi connectivity index (χ0v) is 14.0. The van der Waals surface area contributed by atoms with Crippen molar-refractivity contribution < 1.29 is 19.4 Å². The lowest BCUT2D eigenvalue weighted by atomic mass is 9.94. The molecule has 0 aromatic heterocycles. The highest BCUT2D eigenvalue weighted by Gasteiger charge is 2.35. The van der Waals surface area contributed by atoms with Gasteiger partial charge in [0.25, 0.3) is 0 Å². The third-order valence-electron chi connectivity index (χ3n) is 4.96. The first kappa shape index (κ1) is 16.9. The number of hydrogen-bond donors (Lipinski definition) is 1. The molecule has 2 heterocycles. The molecule has 130 valence electrons. The fourth-order valence-electron chi connectivity index (χ4n) is 3.49. The Morgan fingerprint density at radius 2 is 1.88 bits per heavy atom. The van der Waals surface area contributed by atoms with E-state index in [1.54, 1.807) is 4.90 Å². The van der Waals surface area contributed by atoms with Gasteiger partial charge in [0.05, 0.1) is 19.8 Å². The SMILES string of the molecule is COC(=O)C1Cc2ccccc2CN1C(=O)CN1CCC(O)CC1.